The summed E-state index contributed by atoms with van der Waals surface area (Å²) in [5.74, 6) is 0. The first-order valence-electron chi connectivity index (χ1n) is 15.1. The Morgan fingerprint density at radius 2 is 1.00 bits per heavy atom. The number of benzene rings is 2. The van der Waals surface area contributed by atoms with Crippen molar-refractivity contribution in [3.63, 3.8) is 0 Å². The van der Waals surface area contributed by atoms with Crippen LogP contribution >= 0.6 is 7.05 Å². The first-order chi connectivity index (χ1) is 18.7. The third-order valence-electron chi connectivity index (χ3n) is 9.39. The van der Waals surface area contributed by atoms with Gasteiger partial charge in [-0.3, -0.25) is 4.74 Å². The molecule has 4 aliphatic rings. The van der Waals surface area contributed by atoms with Gasteiger partial charge in [0.05, 0.1) is 0 Å². The van der Waals surface area contributed by atoms with Crippen LogP contribution < -0.4 is 0 Å². The fourth-order valence-corrected chi connectivity index (χ4v) is 13.9. The average molecular weight is 572 g/mol. The van der Waals surface area contributed by atoms with Crippen molar-refractivity contribution in [1.82, 2.24) is 0 Å². The average Bonchev–Trinajstić information content (AvgIpc) is 3.80. The molecule has 204 valence electrons. The third-order valence-corrected chi connectivity index (χ3v) is 15.1. The Morgan fingerprint density at radius 1 is 0.615 bits per heavy atom. The van der Waals surface area contributed by atoms with E-state index in [1.165, 1.54) is 82.7 Å². The minimum Gasteiger partial charge on any atom is -0.271 e. The van der Waals surface area contributed by atoms with Gasteiger partial charge in [-0.1, -0.05) is 124 Å². The van der Waals surface area contributed by atoms with Gasteiger partial charge in [0.25, 0.3) is 0 Å². The number of hydrogen-bond acceptors (Lipinski definition) is 1. The Hall–Kier alpha value is -1.66. The molecule has 2 aromatic rings. The molecule has 0 N–H and O–H groups in total. The van der Waals surface area contributed by atoms with Gasteiger partial charge in [0.2, 0.25) is 0 Å². The zero-order valence-corrected chi connectivity index (χ0v) is 26.2. The molecule has 4 aliphatic carbocycles. The van der Waals surface area contributed by atoms with Gasteiger partial charge in [-0.05, 0) is 90.9 Å². The van der Waals surface area contributed by atoms with Gasteiger partial charge < -0.3 is 0 Å². The van der Waals surface area contributed by atoms with Gasteiger partial charge in [-0.15, -0.1) is 0 Å². The summed E-state index contributed by atoms with van der Waals surface area (Å²) >= 11 is 0. The van der Waals surface area contributed by atoms with Crippen molar-refractivity contribution in [3.8, 4) is 0 Å². The van der Waals surface area contributed by atoms with Crippen molar-refractivity contribution >= 4 is 18.2 Å². The Kier molecular flexibility index (Phi) is 11.5. The molecule has 0 spiro atoms. The summed E-state index contributed by atoms with van der Waals surface area (Å²) in [6.45, 7) is 8.20. The van der Waals surface area contributed by atoms with Gasteiger partial charge >= 0.3 is 0 Å². The minimum absolute atomic E-state index is 0. The van der Waals surface area contributed by atoms with Gasteiger partial charge in [0.1, 0.15) is 0 Å². The fourth-order valence-electron chi connectivity index (χ4n) is 7.45. The smallest absolute Gasteiger partial charge is 0.0425 e. The number of allylic oxidation sites excluding steroid dienone is 5. The van der Waals surface area contributed by atoms with E-state index in [0.29, 0.717) is 0 Å². The molecule has 0 aromatic heterocycles. The van der Waals surface area contributed by atoms with E-state index in [4.69, 9.17) is 4.74 Å². The Morgan fingerprint density at radius 3 is 1.33 bits per heavy atom. The van der Waals surface area contributed by atoms with Crippen molar-refractivity contribution in [2.45, 2.75) is 100 Å². The van der Waals surface area contributed by atoms with Gasteiger partial charge in [0, 0.05) is 33.8 Å². The van der Waals surface area contributed by atoms with Crippen LogP contribution in [0.15, 0.2) is 102 Å². The summed E-state index contributed by atoms with van der Waals surface area (Å²) in [5.41, 5.74) is 8.64. The monoisotopic (exact) mass is 571 g/mol. The van der Waals surface area contributed by atoms with E-state index in [2.05, 4.69) is 55.7 Å². The molecule has 0 bridgehead atoms. The predicted octanol–water partition coefficient (Wildman–Crippen LogP) is 11.3. The Labute approximate surface area is 252 Å². The number of hydrogen-bond donors (Lipinski definition) is 0. The minimum atomic E-state index is -1.17. The SMILES string of the molecule is C1=CCC(N=P(C2CCCC2)(C2CCCC2)C2CCCC2)=C1.C=C(C(=C)c1ccccc1)c1ccccc1.[Ti]. The van der Waals surface area contributed by atoms with Crippen molar-refractivity contribution in [2.75, 3.05) is 0 Å². The largest absolute Gasteiger partial charge is 0.271 e. The maximum absolute atomic E-state index is 5.76. The van der Waals surface area contributed by atoms with Crippen molar-refractivity contribution in [3.05, 3.63) is 109 Å². The van der Waals surface area contributed by atoms with E-state index >= 15 is 0 Å². The zero-order valence-electron chi connectivity index (χ0n) is 23.7. The molecule has 0 heterocycles. The molecule has 0 unspecified atom stereocenters. The summed E-state index contributed by atoms with van der Waals surface area (Å²) in [6.07, 6.45) is 25.9. The summed E-state index contributed by atoms with van der Waals surface area (Å²) < 4.78 is 5.76. The van der Waals surface area contributed by atoms with Crippen LogP contribution in [0.1, 0.15) is 94.6 Å². The maximum atomic E-state index is 5.76. The van der Waals surface area contributed by atoms with Crippen LogP contribution in [0.4, 0.5) is 0 Å². The van der Waals surface area contributed by atoms with Gasteiger partial charge in [0.15, 0.2) is 0 Å². The van der Waals surface area contributed by atoms with Crippen LogP contribution in [0.5, 0.6) is 0 Å². The van der Waals surface area contributed by atoms with E-state index in [1.54, 1.807) is 0 Å². The van der Waals surface area contributed by atoms with Crippen LogP contribution in [-0.4, -0.2) is 17.0 Å². The van der Waals surface area contributed by atoms with Gasteiger partial charge in [-0.25, -0.2) is 0 Å². The maximum Gasteiger partial charge on any atom is 0.0425 e. The molecular weight excluding hydrogens is 525 g/mol. The first kappa shape index (κ1) is 30.3. The van der Waals surface area contributed by atoms with Gasteiger partial charge in [-0.2, -0.15) is 0 Å². The Balaban J connectivity index is 0.000000186. The van der Waals surface area contributed by atoms with Crippen molar-refractivity contribution in [1.29, 1.82) is 0 Å². The second-order valence-corrected chi connectivity index (χ2v) is 15.7. The molecule has 0 aliphatic heterocycles. The van der Waals surface area contributed by atoms with Crippen LogP contribution in [0.3, 0.4) is 0 Å². The summed E-state index contributed by atoms with van der Waals surface area (Å²) in [7, 11) is -1.17. The van der Waals surface area contributed by atoms with E-state index in [9.17, 15) is 0 Å². The molecule has 1 nitrogen and oxygen atoms in total. The van der Waals surface area contributed by atoms with E-state index in [-0.39, 0.29) is 21.7 Å². The molecule has 0 radical (unpaired) electrons. The van der Waals surface area contributed by atoms with Crippen LogP contribution in [0.25, 0.3) is 11.1 Å². The zero-order chi connectivity index (χ0) is 26.2. The van der Waals surface area contributed by atoms with Crippen molar-refractivity contribution in [2.24, 2.45) is 4.74 Å². The molecule has 0 atom stereocenters. The summed E-state index contributed by atoms with van der Waals surface area (Å²) in [4.78, 5) is 0. The van der Waals surface area contributed by atoms with E-state index < -0.39 is 7.05 Å². The normalized spacial score (nSPS) is 19.7. The van der Waals surface area contributed by atoms with E-state index in [1.807, 2.05) is 36.4 Å². The predicted molar refractivity (Wildman–Crippen MR) is 169 cm³/mol. The molecule has 3 heteroatoms. The second kappa shape index (κ2) is 14.8. The molecular formula is C36H46NPTi. The first-order valence-corrected chi connectivity index (χ1v) is 17.1. The number of rotatable bonds is 7. The van der Waals surface area contributed by atoms with Crippen LogP contribution in [0, 0.1) is 0 Å². The van der Waals surface area contributed by atoms with Crippen molar-refractivity contribution < 1.29 is 21.7 Å². The Bertz CT molecular complexity index is 1090. The standard InChI is InChI=1S/C20H32NP.C16H14.Ti/c1-2-10-17(9-1)21-22(18-11-3-4-12-18,19-13-5-6-14-19)20-15-7-8-16-20;1-13(15-9-5-3-6-10-15)14(2)16-11-7-4-8-12-16;/h1-2,9,18-20H,3-8,10-16H2;3-12H,1-2H2;. The molecule has 0 saturated heterocycles. The second-order valence-electron chi connectivity index (χ2n) is 11.7. The molecule has 2 aromatic carbocycles. The molecule has 6 rings (SSSR count). The third kappa shape index (κ3) is 7.17. The molecule has 39 heavy (non-hydrogen) atoms. The summed E-state index contributed by atoms with van der Waals surface area (Å²) in [5, 5.41) is 0. The quantitative estimate of drug-likeness (QED) is 0.178. The van der Waals surface area contributed by atoms with Crippen LogP contribution in [-0.2, 0) is 21.7 Å². The van der Waals surface area contributed by atoms with Crippen LogP contribution in [0.2, 0.25) is 0 Å². The number of nitrogens with zero attached hydrogens (tertiary/aromatic N) is 1. The van der Waals surface area contributed by atoms with E-state index in [0.717, 1.165) is 45.7 Å². The fraction of sp³-hybridized carbons (Fsp3) is 0.444. The molecule has 3 saturated carbocycles. The molecule has 3 fully saturated rings. The topological polar surface area (TPSA) is 12.4 Å². The summed E-state index contributed by atoms with van der Waals surface area (Å²) in [6, 6.07) is 20.3. The molecule has 0 amide bonds.